The van der Waals surface area contributed by atoms with Crippen LogP contribution in [0, 0.1) is 0 Å². The zero-order valence-corrected chi connectivity index (χ0v) is 13.8. The first-order valence-corrected chi connectivity index (χ1v) is 7.86. The van der Waals surface area contributed by atoms with Crippen LogP contribution in [0.5, 0.6) is 5.75 Å². The maximum atomic E-state index is 12.3. The van der Waals surface area contributed by atoms with Crippen LogP contribution >= 0.6 is 0 Å². The predicted octanol–water partition coefficient (Wildman–Crippen LogP) is 1.88. The number of hydrogen-bond donors (Lipinski definition) is 1. The quantitative estimate of drug-likeness (QED) is 0.642. The van der Waals surface area contributed by atoms with Gasteiger partial charge < -0.3 is 20.3 Å². The van der Waals surface area contributed by atoms with E-state index >= 15 is 0 Å². The normalized spacial score (nSPS) is 16.9. The maximum Gasteiger partial charge on any atom is 0.164 e. The molecule has 1 aromatic rings. The number of benzene rings is 1. The average Bonchev–Trinajstić information content (AvgIpc) is 2.52. The molecule has 2 N–H and O–H groups in total. The second-order valence-electron chi connectivity index (χ2n) is 6.14. The summed E-state index contributed by atoms with van der Waals surface area (Å²) in [6, 6.07) is 5.83. The summed E-state index contributed by atoms with van der Waals surface area (Å²) in [7, 11) is 5.85. The van der Waals surface area contributed by atoms with Crippen molar-refractivity contribution in [2.45, 2.75) is 25.3 Å². The lowest BCUT2D eigenvalue weighted by atomic mass is 10.0. The van der Waals surface area contributed by atoms with Gasteiger partial charge in [-0.25, -0.2) is 0 Å². The van der Waals surface area contributed by atoms with Gasteiger partial charge in [-0.2, -0.15) is 0 Å². The lowest BCUT2D eigenvalue weighted by molar-refractivity contribution is 0.0939. The molecule has 1 saturated heterocycles. The first-order valence-electron chi connectivity index (χ1n) is 7.86. The summed E-state index contributed by atoms with van der Waals surface area (Å²) in [4.78, 5) is 17.0. The molecule has 2 rings (SSSR count). The van der Waals surface area contributed by atoms with E-state index in [0.717, 1.165) is 19.6 Å². The largest absolute Gasteiger partial charge is 0.495 e. The number of likely N-dealkylation sites (tertiary alicyclic amines) is 1. The highest BCUT2D eigenvalue weighted by Gasteiger charge is 2.21. The highest BCUT2D eigenvalue weighted by molar-refractivity contribution is 5.97. The van der Waals surface area contributed by atoms with Crippen LogP contribution < -0.4 is 10.5 Å². The Labute approximate surface area is 133 Å². The van der Waals surface area contributed by atoms with Crippen molar-refractivity contribution >= 4 is 11.5 Å². The number of carbonyl (C=O) groups is 1. The molecule has 0 unspecified atom stereocenters. The summed E-state index contributed by atoms with van der Waals surface area (Å²) < 4.78 is 5.12. The molecule has 5 nitrogen and oxygen atoms in total. The van der Waals surface area contributed by atoms with Crippen molar-refractivity contribution in [3.63, 3.8) is 0 Å². The van der Waals surface area contributed by atoms with Gasteiger partial charge in [0, 0.05) is 24.6 Å². The number of rotatable bonds is 6. The Balaban J connectivity index is 1.85. The van der Waals surface area contributed by atoms with Crippen LogP contribution in [-0.4, -0.2) is 62.5 Å². The lowest BCUT2D eigenvalue weighted by Gasteiger charge is -2.35. The van der Waals surface area contributed by atoms with Gasteiger partial charge in [-0.05, 0) is 58.2 Å². The minimum Gasteiger partial charge on any atom is -0.495 e. The Kier molecular flexibility index (Phi) is 5.80. The molecule has 1 aliphatic heterocycles. The molecular weight excluding hydrogens is 278 g/mol. The van der Waals surface area contributed by atoms with Gasteiger partial charge in [0.15, 0.2) is 5.78 Å². The third-order valence-electron chi connectivity index (χ3n) is 4.55. The molecule has 1 fully saturated rings. The Morgan fingerprint density at radius 3 is 2.68 bits per heavy atom. The molecule has 1 aromatic carbocycles. The molecule has 0 aromatic heterocycles. The highest BCUT2D eigenvalue weighted by Crippen LogP contribution is 2.23. The van der Waals surface area contributed by atoms with Gasteiger partial charge in [0.1, 0.15) is 5.75 Å². The molecule has 0 bridgehead atoms. The third kappa shape index (κ3) is 4.21. The Morgan fingerprint density at radius 1 is 1.41 bits per heavy atom. The first kappa shape index (κ1) is 16.8. The molecular formula is C17H27N3O2. The summed E-state index contributed by atoms with van der Waals surface area (Å²) >= 11 is 0. The van der Waals surface area contributed by atoms with E-state index in [1.807, 2.05) is 0 Å². The van der Waals surface area contributed by atoms with E-state index < -0.39 is 0 Å². The Morgan fingerprint density at radius 2 is 2.09 bits per heavy atom. The van der Waals surface area contributed by atoms with E-state index in [2.05, 4.69) is 23.9 Å². The van der Waals surface area contributed by atoms with Crippen molar-refractivity contribution in [3.8, 4) is 5.75 Å². The molecule has 0 saturated carbocycles. The minimum atomic E-state index is 0.133. The van der Waals surface area contributed by atoms with Crippen LogP contribution in [0.3, 0.4) is 0 Å². The number of ketones is 1. The number of nitrogens with zero attached hydrogens (tertiary/aromatic N) is 2. The molecule has 1 heterocycles. The Hall–Kier alpha value is -1.59. The number of anilines is 1. The fraction of sp³-hybridized carbons (Fsp3) is 0.588. The van der Waals surface area contributed by atoms with Gasteiger partial charge in [-0.15, -0.1) is 0 Å². The van der Waals surface area contributed by atoms with E-state index in [-0.39, 0.29) is 5.78 Å². The van der Waals surface area contributed by atoms with Gasteiger partial charge in [-0.3, -0.25) is 4.79 Å². The molecule has 22 heavy (non-hydrogen) atoms. The zero-order chi connectivity index (χ0) is 16.1. The number of nitrogens with two attached hydrogens (primary N) is 1. The standard InChI is InChI=1S/C17H27N3O2/c1-19-9-6-14(7-10-19)20(2)11-8-16(21)13-4-5-17(22-3)15(18)12-13/h4-5,12,14H,6-11,18H2,1-3H3. The van der Waals surface area contributed by atoms with Crippen molar-refractivity contribution in [2.24, 2.45) is 0 Å². The topological polar surface area (TPSA) is 58.8 Å². The third-order valence-corrected chi connectivity index (χ3v) is 4.55. The SMILES string of the molecule is COc1ccc(C(=O)CCN(C)C2CCN(C)CC2)cc1N. The molecule has 1 aliphatic rings. The van der Waals surface area contributed by atoms with Crippen molar-refractivity contribution in [1.29, 1.82) is 0 Å². The molecule has 0 radical (unpaired) electrons. The number of carbonyl (C=O) groups excluding carboxylic acids is 1. The summed E-state index contributed by atoms with van der Waals surface area (Å²) in [5, 5.41) is 0. The Bertz CT molecular complexity index is 511. The molecule has 0 spiro atoms. The molecule has 0 amide bonds. The average molecular weight is 305 g/mol. The van der Waals surface area contributed by atoms with Crippen LogP contribution in [0.1, 0.15) is 29.6 Å². The van der Waals surface area contributed by atoms with Crippen molar-refractivity contribution < 1.29 is 9.53 Å². The van der Waals surface area contributed by atoms with Crippen molar-refractivity contribution in [3.05, 3.63) is 23.8 Å². The van der Waals surface area contributed by atoms with Crippen LogP contribution in [0.4, 0.5) is 5.69 Å². The highest BCUT2D eigenvalue weighted by atomic mass is 16.5. The first-order chi connectivity index (χ1) is 10.5. The fourth-order valence-electron chi connectivity index (χ4n) is 2.95. The van der Waals surface area contributed by atoms with E-state index in [1.54, 1.807) is 25.3 Å². The summed E-state index contributed by atoms with van der Waals surface area (Å²) in [5.74, 6) is 0.745. The molecule has 5 heteroatoms. The second-order valence-corrected chi connectivity index (χ2v) is 6.14. The lowest BCUT2D eigenvalue weighted by Crippen LogP contribution is -2.42. The number of methoxy groups -OCH3 is 1. The second kappa shape index (κ2) is 7.61. The van der Waals surface area contributed by atoms with Gasteiger partial charge in [0.05, 0.1) is 12.8 Å². The number of Topliss-reactive ketones (excluding diaryl/α,β-unsaturated/α-hetero) is 1. The van der Waals surface area contributed by atoms with Crippen molar-refractivity contribution in [1.82, 2.24) is 9.80 Å². The minimum absolute atomic E-state index is 0.133. The van der Waals surface area contributed by atoms with Crippen LogP contribution in [0.2, 0.25) is 0 Å². The van der Waals surface area contributed by atoms with Gasteiger partial charge >= 0.3 is 0 Å². The smallest absolute Gasteiger partial charge is 0.164 e. The fourth-order valence-corrected chi connectivity index (χ4v) is 2.95. The van der Waals surface area contributed by atoms with E-state index in [9.17, 15) is 4.79 Å². The van der Waals surface area contributed by atoms with Crippen molar-refractivity contribution in [2.75, 3.05) is 46.6 Å². The van der Waals surface area contributed by atoms with Gasteiger partial charge in [0.25, 0.3) is 0 Å². The molecule has 122 valence electrons. The van der Waals surface area contributed by atoms with Gasteiger partial charge in [-0.1, -0.05) is 0 Å². The maximum absolute atomic E-state index is 12.3. The van der Waals surface area contributed by atoms with Crippen LogP contribution in [0.15, 0.2) is 18.2 Å². The number of piperidine rings is 1. The number of nitrogen functional groups attached to an aromatic ring is 1. The number of hydrogen-bond acceptors (Lipinski definition) is 5. The van der Waals surface area contributed by atoms with E-state index in [4.69, 9.17) is 10.5 Å². The van der Waals surface area contributed by atoms with E-state index in [0.29, 0.717) is 29.5 Å². The van der Waals surface area contributed by atoms with E-state index in [1.165, 1.54) is 12.8 Å². The summed E-state index contributed by atoms with van der Waals surface area (Å²) in [6.45, 7) is 3.06. The molecule has 0 atom stereocenters. The predicted molar refractivity (Wildman–Crippen MR) is 89.5 cm³/mol. The van der Waals surface area contributed by atoms with Gasteiger partial charge in [0.2, 0.25) is 0 Å². The monoisotopic (exact) mass is 305 g/mol. The molecule has 0 aliphatic carbocycles. The zero-order valence-electron chi connectivity index (χ0n) is 13.8. The summed E-state index contributed by atoms with van der Waals surface area (Å²) in [6.07, 6.45) is 2.88. The van der Waals surface area contributed by atoms with Crippen LogP contribution in [-0.2, 0) is 0 Å². The van der Waals surface area contributed by atoms with Crippen LogP contribution in [0.25, 0.3) is 0 Å². The number of ether oxygens (including phenoxy) is 1. The summed E-state index contributed by atoms with van der Waals surface area (Å²) in [5.41, 5.74) is 7.04.